The first-order chi connectivity index (χ1) is 15.5. The zero-order valence-corrected chi connectivity index (χ0v) is 18.5. The van der Waals surface area contributed by atoms with Crippen molar-refractivity contribution in [2.24, 2.45) is 16.6 Å². The number of hydrogen-bond acceptors (Lipinski definition) is 5. The van der Waals surface area contributed by atoms with Gasteiger partial charge in [0.25, 0.3) is 5.91 Å². The summed E-state index contributed by atoms with van der Waals surface area (Å²) in [5, 5.41) is 6.42. The van der Waals surface area contributed by atoms with Crippen molar-refractivity contribution in [2.75, 3.05) is 13.7 Å². The molecule has 7 nitrogen and oxygen atoms in total. The van der Waals surface area contributed by atoms with Crippen LogP contribution in [0.3, 0.4) is 0 Å². The van der Waals surface area contributed by atoms with Crippen molar-refractivity contribution >= 4 is 18.2 Å². The summed E-state index contributed by atoms with van der Waals surface area (Å²) < 4.78 is 4.93. The minimum Gasteiger partial charge on any atom is -0.469 e. The first kappa shape index (κ1) is 23.2. The lowest BCUT2D eigenvalue weighted by molar-refractivity contribution is -0.145. The maximum atomic E-state index is 13.0. The van der Waals surface area contributed by atoms with Gasteiger partial charge in [-0.05, 0) is 42.7 Å². The molecule has 1 aliphatic heterocycles. The summed E-state index contributed by atoms with van der Waals surface area (Å²) >= 11 is 0. The molecule has 1 aliphatic rings. The van der Waals surface area contributed by atoms with Gasteiger partial charge in [-0.3, -0.25) is 9.59 Å². The number of esters is 1. The highest BCUT2D eigenvalue weighted by Crippen LogP contribution is 2.21. The largest absolute Gasteiger partial charge is 0.469 e. The normalized spacial score (nSPS) is 17.9. The van der Waals surface area contributed by atoms with Crippen LogP contribution in [0.15, 0.2) is 71.4 Å². The van der Waals surface area contributed by atoms with Crippen LogP contribution in [0.2, 0.25) is 0 Å². The van der Waals surface area contributed by atoms with E-state index >= 15 is 0 Å². The van der Waals surface area contributed by atoms with E-state index in [0.717, 1.165) is 29.8 Å². The van der Waals surface area contributed by atoms with Crippen LogP contribution in [0, 0.1) is 5.92 Å². The summed E-state index contributed by atoms with van der Waals surface area (Å²) in [5.41, 5.74) is 8.97. The third-order valence-corrected chi connectivity index (χ3v) is 5.68. The van der Waals surface area contributed by atoms with Crippen LogP contribution >= 0.6 is 0 Å². The second-order valence-corrected chi connectivity index (χ2v) is 7.82. The van der Waals surface area contributed by atoms with Gasteiger partial charge < -0.3 is 21.1 Å². The van der Waals surface area contributed by atoms with E-state index in [4.69, 9.17) is 10.5 Å². The number of nitrogens with zero attached hydrogens (tertiary/aromatic N) is 1. The molecule has 168 valence electrons. The highest BCUT2D eigenvalue weighted by Gasteiger charge is 2.29. The fourth-order valence-electron chi connectivity index (χ4n) is 3.82. The van der Waals surface area contributed by atoms with Crippen LogP contribution in [0.5, 0.6) is 0 Å². The molecule has 4 N–H and O–H groups in total. The van der Waals surface area contributed by atoms with E-state index < -0.39 is 12.0 Å². The van der Waals surface area contributed by atoms with Gasteiger partial charge >= 0.3 is 5.97 Å². The van der Waals surface area contributed by atoms with Crippen molar-refractivity contribution in [3.8, 4) is 11.1 Å². The van der Waals surface area contributed by atoms with Crippen LogP contribution in [0.25, 0.3) is 11.1 Å². The number of nitrogens with two attached hydrogens (primary N) is 1. The zero-order valence-electron chi connectivity index (χ0n) is 18.5. The van der Waals surface area contributed by atoms with Crippen LogP contribution in [0.4, 0.5) is 0 Å². The first-order valence-electron chi connectivity index (χ1n) is 10.7. The Morgan fingerprint density at radius 2 is 1.88 bits per heavy atom. The average Bonchev–Trinajstić information content (AvgIpc) is 2.83. The van der Waals surface area contributed by atoms with Crippen molar-refractivity contribution in [1.82, 2.24) is 10.6 Å². The number of aliphatic imine (C=N–C) groups is 1. The maximum Gasteiger partial charge on any atom is 0.310 e. The molecule has 0 radical (unpaired) electrons. The summed E-state index contributed by atoms with van der Waals surface area (Å²) in [6, 6.07) is 17.0. The maximum absolute atomic E-state index is 13.0. The van der Waals surface area contributed by atoms with Gasteiger partial charge in [0.05, 0.1) is 19.4 Å². The summed E-state index contributed by atoms with van der Waals surface area (Å²) in [5.74, 6) is -1.11. The number of carbonyl (C=O) groups is 2. The van der Waals surface area contributed by atoms with E-state index in [1.807, 2.05) is 48.5 Å². The second-order valence-electron chi connectivity index (χ2n) is 7.82. The Hall–Kier alpha value is -3.45. The summed E-state index contributed by atoms with van der Waals surface area (Å²) in [7, 11) is 1.35. The van der Waals surface area contributed by atoms with Gasteiger partial charge in [-0.15, -0.1) is 0 Å². The summed E-state index contributed by atoms with van der Waals surface area (Å²) in [4.78, 5) is 29.4. The van der Waals surface area contributed by atoms with E-state index in [2.05, 4.69) is 15.6 Å². The third-order valence-electron chi connectivity index (χ3n) is 5.68. The fourth-order valence-corrected chi connectivity index (χ4v) is 3.82. The van der Waals surface area contributed by atoms with Gasteiger partial charge in [-0.25, -0.2) is 4.99 Å². The number of rotatable bonds is 8. The molecule has 7 heteroatoms. The number of methoxy groups -OCH3 is 1. The molecule has 3 atom stereocenters. The molecular weight excluding hydrogens is 404 g/mol. The lowest BCUT2D eigenvalue weighted by Crippen LogP contribution is -2.47. The first-order valence-corrected chi connectivity index (χ1v) is 10.7. The molecule has 1 amide bonds. The Bertz CT molecular complexity index is 970. The molecule has 3 rings (SSSR count). The molecule has 0 spiro atoms. The van der Waals surface area contributed by atoms with Crippen LogP contribution in [-0.2, 0) is 9.53 Å². The number of ether oxygens (including phenoxy) is 1. The van der Waals surface area contributed by atoms with Gasteiger partial charge in [0.1, 0.15) is 0 Å². The minimum absolute atomic E-state index is 0.0414. The number of carbonyl (C=O) groups excluding carboxylic acids is 2. The van der Waals surface area contributed by atoms with E-state index in [9.17, 15) is 9.59 Å². The molecule has 0 bridgehead atoms. The highest BCUT2D eigenvalue weighted by molar-refractivity contribution is 5.95. The van der Waals surface area contributed by atoms with Crippen molar-refractivity contribution in [3.05, 3.63) is 71.9 Å². The van der Waals surface area contributed by atoms with E-state index in [1.54, 1.807) is 19.1 Å². The van der Waals surface area contributed by atoms with Gasteiger partial charge in [0, 0.05) is 36.3 Å². The van der Waals surface area contributed by atoms with Gasteiger partial charge in [0.2, 0.25) is 0 Å². The molecule has 0 saturated carbocycles. The minimum atomic E-state index is -0.508. The predicted molar refractivity (Wildman–Crippen MR) is 126 cm³/mol. The number of hydrogen-bond donors (Lipinski definition) is 3. The zero-order chi connectivity index (χ0) is 22.9. The fraction of sp³-hybridized carbons (Fsp3) is 0.320. The van der Waals surface area contributed by atoms with E-state index in [1.165, 1.54) is 13.4 Å². The average molecular weight is 435 g/mol. The van der Waals surface area contributed by atoms with Crippen LogP contribution in [-0.4, -0.2) is 44.0 Å². The molecule has 1 heterocycles. The van der Waals surface area contributed by atoms with Crippen molar-refractivity contribution in [3.63, 3.8) is 0 Å². The lowest BCUT2D eigenvalue weighted by Gasteiger charge is -2.29. The Kier molecular flexibility index (Phi) is 8.16. The van der Waals surface area contributed by atoms with Crippen LogP contribution in [0.1, 0.15) is 30.1 Å². The smallest absolute Gasteiger partial charge is 0.310 e. The lowest BCUT2D eigenvalue weighted by atomic mass is 9.92. The Balaban J connectivity index is 1.74. The summed E-state index contributed by atoms with van der Waals surface area (Å²) in [6.07, 6.45) is 4.57. The second kappa shape index (κ2) is 11.2. The molecule has 2 aromatic rings. The molecule has 1 unspecified atom stereocenters. The molecule has 0 fully saturated rings. The van der Waals surface area contributed by atoms with Gasteiger partial charge in [-0.1, -0.05) is 42.5 Å². The monoisotopic (exact) mass is 434 g/mol. The predicted octanol–water partition coefficient (Wildman–Crippen LogP) is 2.88. The quantitative estimate of drug-likeness (QED) is 0.337. The topological polar surface area (TPSA) is 106 Å². The number of nitrogens with one attached hydrogen (secondary N) is 2. The van der Waals surface area contributed by atoms with Crippen LogP contribution < -0.4 is 16.4 Å². The standard InChI is InChI=1S/C25H30N4O3/c1-17(25(31)32-2)23(15-22-14-21(28-16-26)12-13-27-22)29-24(30)20-10-8-19(9-11-20)18-6-4-3-5-7-18/h3-11,14,16-17,22-23,27H,12-13,15H2,1-2H3,(H2,26,28)(H,29,30)/t17-,22?,23-/m1/s1. The molecular formula is C25H30N4O3. The van der Waals surface area contributed by atoms with Gasteiger partial charge in [-0.2, -0.15) is 0 Å². The summed E-state index contributed by atoms with van der Waals surface area (Å²) in [6.45, 7) is 2.52. The van der Waals surface area contributed by atoms with Gasteiger partial charge in [0.15, 0.2) is 0 Å². The molecule has 32 heavy (non-hydrogen) atoms. The number of benzene rings is 2. The SMILES string of the molecule is COC(=O)[C@H](C)[C@@H](CC1C=C(N=CN)CCN1)NC(=O)c1ccc(-c2ccccc2)cc1. The Morgan fingerprint density at radius 3 is 2.53 bits per heavy atom. The molecule has 0 saturated heterocycles. The molecule has 0 aromatic heterocycles. The van der Waals surface area contributed by atoms with Crippen molar-refractivity contribution in [1.29, 1.82) is 0 Å². The highest BCUT2D eigenvalue weighted by atomic mass is 16.5. The third kappa shape index (κ3) is 6.04. The van der Waals surface area contributed by atoms with Crippen molar-refractivity contribution < 1.29 is 14.3 Å². The Morgan fingerprint density at radius 1 is 1.19 bits per heavy atom. The molecule has 2 aromatic carbocycles. The number of amides is 1. The Labute approximate surface area is 188 Å². The van der Waals surface area contributed by atoms with Crippen molar-refractivity contribution in [2.45, 2.75) is 31.8 Å². The molecule has 0 aliphatic carbocycles. The van der Waals surface area contributed by atoms with E-state index in [0.29, 0.717) is 12.0 Å². The van der Waals surface area contributed by atoms with E-state index in [-0.39, 0.29) is 17.9 Å².